The summed E-state index contributed by atoms with van der Waals surface area (Å²) < 4.78 is 5.94. The van der Waals surface area contributed by atoms with Crippen LogP contribution in [0.25, 0.3) is 0 Å². The Balaban J connectivity index is 1.83. The lowest BCUT2D eigenvalue weighted by Gasteiger charge is -2.35. The van der Waals surface area contributed by atoms with E-state index in [0.29, 0.717) is 45.1 Å². The summed E-state index contributed by atoms with van der Waals surface area (Å²) in [4.78, 5) is 28.3. The summed E-state index contributed by atoms with van der Waals surface area (Å²) in [7, 11) is 0. The molecule has 0 bridgehead atoms. The molecule has 1 saturated heterocycles. The zero-order valence-electron chi connectivity index (χ0n) is 17.0. The van der Waals surface area contributed by atoms with Gasteiger partial charge < -0.3 is 19.9 Å². The first kappa shape index (κ1) is 21.1. The molecule has 150 valence electrons. The van der Waals surface area contributed by atoms with Crippen molar-refractivity contribution in [1.82, 2.24) is 15.1 Å². The van der Waals surface area contributed by atoms with Gasteiger partial charge in [0.05, 0.1) is 6.10 Å². The number of ether oxygens (including phenoxy) is 1. The number of carbonyl (C=O) groups is 2. The third-order valence-electron chi connectivity index (χ3n) is 4.81. The molecule has 1 aliphatic rings. The Bertz CT molecular complexity index is 625. The smallest absolute Gasteiger partial charge is 0.317 e. The highest BCUT2D eigenvalue weighted by molar-refractivity contribution is 5.77. The van der Waals surface area contributed by atoms with E-state index in [1.807, 2.05) is 49.9 Å². The molecule has 1 aliphatic heterocycles. The predicted molar refractivity (Wildman–Crippen MR) is 107 cm³/mol. The van der Waals surface area contributed by atoms with Gasteiger partial charge in [-0.3, -0.25) is 4.79 Å². The van der Waals surface area contributed by atoms with Crippen LogP contribution in [0.5, 0.6) is 5.75 Å². The zero-order valence-corrected chi connectivity index (χ0v) is 17.0. The highest BCUT2D eigenvalue weighted by Gasteiger charge is 2.24. The van der Waals surface area contributed by atoms with E-state index in [0.717, 1.165) is 17.7 Å². The average Bonchev–Trinajstić information content (AvgIpc) is 2.66. The standard InChI is InChI=1S/C21H33N3O3/c1-5-17(4)27-19-9-7-6-8-18(19)15-22-21(26)24-12-10-23(11-13-24)20(25)14-16(2)3/h6-9,16-17H,5,10-15H2,1-4H3,(H,22,26). The number of benzene rings is 1. The largest absolute Gasteiger partial charge is 0.490 e. The number of nitrogens with zero attached hydrogens (tertiary/aromatic N) is 2. The molecule has 1 N–H and O–H groups in total. The number of nitrogens with one attached hydrogen (secondary N) is 1. The minimum atomic E-state index is -0.0932. The average molecular weight is 376 g/mol. The first-order valence-corrected chi connectivity index (χ1v) is 9.95. The Labute approximate surface area is 162 Å². The second-order valence-corrected chi connectivity index (χ2v) is 7.57. The summed E-state index contributed by atoms with van der Waals surface area (Å²) in [5.41, 5.74) is 0.969. The number of piperazine rings is 1. The quantitative estimate of drug-likeness (QED) is 0.796. The molecule has 1 unspecified atom stereocenters. The van der Waals surface area contributed by atoms with E-state index in [1.54, 1.807) is 4.90 Å². The summed E-state index contributed by atoms with van der Waals surface area (Å²) in [6, 6.07) is 7.71. The molecule has 0 aromatic heterocycles. The van der Waals surface area contributed by atoms with E-state index in [9.17, 15) is 9.59 Å². The van der Waals surface area contributed by atoms with Crippen molar-refractivity contribution in [2.45, 2.75) is 53.2 Å². The normalized spacial score (nSPS) is 15.6. The molecule has 6 nitrogen and oxygen atoms in total. The molecule has 0 spiro atoms. The van der Waals surface area contributed by atoms with Gasteiger partial charge in [0.15, 0.2) is 0 Å². The van der Waals surface area contributed by atoms with Crippen LogP contribution in [0.4, 0.5) is 4.79 Å². The second kappa shape index (κ2) is 10.2. The molecule has 0 aliphatic carbocycles. The fourth-order valence-electron chi connectivity index (χ4n) is 2.98. The Morgan fingerprint density at radius 3 is 2.33 bits per heavy atom. The third-order valence-corrected chi connectivity index (χ3v) is 4.81. The van der Waals surface area contributed by atoms with Crippen LogP contribution in [0.1, 0.15) is 46.1 Å². The van der Waals surface area contributed by atoms with E-state index in [2.05, 4.69) is 12.2 Å². The Morgan fingerprint density at radius 1 is 1.07 bits per heavy atom. The van der Waals surface area contributed by atoms with Gasteiger partial charge in [-0.25, -0.2) is 4.79 Å². The highest BCUT2D eigenvalue weighted by atomic mass is 16.5. The molecular weight excluding hydrogens is 342 g/mol. The van der Waals surface area contributed by atoms with E-state index in [4.69, 9.17) is 4.74 Å². The number of urea groups is 1. The van der Waals surface area contributed by atoms with Crippen molar-refractivity contribution in [3.8, 4) is 5.75 Å². The molecule has 0 radical (unpaired) electrons. The van der Waals surface area contributed by atoms with Crippen molar-refractivity contribution < 1.29 is 14.3 Å². The lowest BCUT2D eigenvalue weighted by molar-refractivity contribution is -0.133. The van der Waals surface area contributed by atoms with Gasteiger partial charge in [0, 0.05) is 44.7 Å². The number of hydrogen-bond acceptors (Lipinski definition) is 3. The van der Waals surface area contributed by atoms with Crippen molar-refractivity contribution in [3.05, 3.63) is 29.8 Å². The molecule has 27 heavy (non-hydrogen) atoms. The summed E-state index contributed by atoms with van der Waals surface area (Å²) >= 11 is 0. The topological polar surface area (TPSA) is 61.9 Å². The van der Waals surface area contributed by atoms with Crippen molar-refractivity contribution >= 4 is 11.9 Å². The van der Waals surface area contributed by atoms with Crippen molar-refractivity contribution in [2.24, 2.45) is 5.92 Å². The molecule has 1 aromatic rings. The van der Waals surface area contributed by atoms with Crippen LogP contribution in [0.3, 0.4) is 0 Å². The highest BCUT2D eigenvalue weighted by Crippen LogP contribution is 2.20. The van der Waals surface area contributed by atoms with Gasteiger partial charge >= 0.3 is 6.03 Å². The van der Waals surface area contributed by atoms with E-state index in [1.165, 1.54) is 0 Å². The van der Waals surface area contributed by atoms with Gasteiger partial charge in [-0.15, -0.1) is 0 Å². The minimum Gasteiger partial charge on any atom is -0.490 e. The summed E-state index contributed by atoms with van der Waals surface area (Å²) in [6.45, 7) is 11.0. The van der Waals surface area contributed by atoms with Crippen LogP contribution in [0.2, 0.25) is 0 Å². The lowest BCUT2D eigenvalue weighted by atomic mass is 10.1. The SMILES string of the molecule is CCC(C)Oc1ccccc1CNC(=O)N1CCN(C(=O)CC(C)C)CC1. The van der Waals surface area contributed by atoms with E-state index in [-0.39, 0.29) is 18.0 Å². The van der Waals surface area contributed by atoms with Crippen LogP contribution in [0, 0.1) is 5.92 Å². The van der Waals surface area contributed by atoms with Crippen molar-refractivity contribution in [1.29, 1.82) is 0 Å². The maximum absolute atomic E-state index is 12.5. The summed E-state index contributed by atoms with van der Waals surface area (Å²) in [5.74, 6) is 1.36. The molecule has 6 heteroatoms. The van der Waals surface area contributed by atoms with Gasteiger partial charge in [0.2, 0.25) is 5.91 Å². The second-order valence-electron chi connectivity index (χ2n) is 7.57. The van der Waals surface area contributed by atoms with Gasteiger partial charge in [-0.1, -0.05) is 39.0 Å². The Morgan fingerprint density at radius 2 is 1.70 bits per heavy atom. The summed E-state index contributed by atoms with van der Waals surface area (Å²) in [5, 5.41) is 2.98. The van der Waals surface area contributed by atoms with Crippen molar-refractivity contribution in [2.75, 3.05) is 26.2 Å². The fraction of sp³-hybridized carbons (Fsp3) is 0.619. The van der Waals surface area contributed by atoms with Crippen LogP contribution in [-0.2, 0) is 11.3 Å². The maximum atomic E-state index is 12.5. The van der Waals surface area contributed by atoms with E-state index < -0.39 is 0 Å². The lowest BCUT2D eigenvalue weighted by Crippen LogP contribution is -2.53. The van der Waals surface area contributed by atoms with E-state index >= 15 is 0 Å². The van der Waals surface area contributed by atoms with Crippen LogP contribution >= 0.6 is 0 Å². The first-order valence-electron chi connectivity index (χ1n) is 9.95. The van der Waals surface area contributed by atoms with Crippen LogP contribution < -0.4 is 10.1 Å². The molecule has 1 atom stereocenters. The fourth-order valence-corrected chi connectivity index (χ4v) is 2.98. The zero-order chi connectivity index (χ0) is 19.8. The minimum absolute atomic E-state index is 0.0932. The van der Waals surface area contributed by atoms with Gasteiger partial charge in [0.25, 0.3) is 0 Å². The molecule has 1 fully saturated rings. The molecule has 0 saturated carbocycles. The van der Waals surface area contributed by atoms with Crippen molar-refractivity contribution in [3.63, 3.8) is 0 Å². The molecule has 1 heterocycles. The number of carbonyl (C=O) groups excluding carboxylic acids is 2. The van der Waals surface area contributed by atoms with Crippen LogP contribution in [-0.4, -0.2) is 54.0 Å². The van der Waals surface area contributed by atoms with Crippen LogP contribution in [0.15, 0.2) is 24.3 Å². The Kier molecular flexibility index (Phi) is 7.95. The molecule has 1 aromatic carbocycles. The van der Waals surface area contributed by atoms with Gasteiger partial charge in [0.1, 0.15) is 5.75 Å². The maximum Gasteiger partial charge on any atom is 0.317 e. The molecule has 2 rings (SSSR count). The number of rotatable bonds is 7. The predicted octanol–water partition coefficient (Wildman–Crippen LogP) is 3.26. The number of para-hydroxylation sites is 1. The number of hydrogen-bond donors (Lipinski definition) is 1. The Hall–Kier alpha value is -2.24. The monoisotopic (exact) mass is 375 g/mol. The number of amides is 3. The van der Waals surface area contributed by atoms with Gasteiger partial charge in [-0.05, 0) is 25.3 Å². The molecular formula is C21H33N3O3. The summed E-state index contributed by atoms with van der Waals surface area (Å²) in [6.07, 6.45) is 1.64. The molecule has 3 amide bonds. The first-order chi connectivity index (χ1) is 12.9. The van der Waals surface area contributed by atoms with Gasteiger partial charge in [-0.2, -0.15) is 0 Å². The third kappa shape index (κ3) is 6.45.